The Morgan fingerprint density at radius 3 is 2.64 bits per heavy atom. The highest BCUT2D eigenvalue weighted by atomic mass is 16.6. The van der Waals surface area contributed by atoms with Crippen LogP contribution in [0.2, 0.25) is 0 Å². The van der Waals surface area contributed by atoms with E-state index in [9.17, 15) is 4.79 Å². The number of hydrogen-bond acceptors (Lipinski definition) is 3. The Bertz CT molecular complexity index is 511. The Morgan fingerprint density at radius 1 is 1.23 bits per heavy atom. The smallest absolute Gasteiger partial charge is 0.338 e. The van der Waals surface area contributed by atoms with Gasteiger partial charge in [-0.25, -0.2) is 4.79 Å². The highest BCUT2D eigenvalue weighted by molar-refractivity contribution is 5.78. The molecule has 1 aromatic rings. The molecule has 2 aliphatic rings. The molecule has 3 nitrogen and oxygen atoms in total. The zero-order chi connectivity index (χ0) is 15.7. The molecule has 2 fully saturated rings. The third kappa shape index (κ3) is 3.35. The van der Waals surface area contributed by atoms with E-state index in [1.165, 1.54) is 6.42 Å². The van der Waals surface area contributed by atoms with E-state index in [-0.39, 0.29) is 18.2 Å². The molecule has 0 amide bonds. The van der Waals surface area contributed by atoms with Crippen LogP contribution in [0, 0.1) is 17.8 Å². The number of hydrogen-bond donors (Lipinski definition) is 0. The molecule has 1 saturated carbocycles. The molecule has 0 bridgehead atoms. The van der Waals surface area contributed by atoms with Gasteiger partial charge in [0.05, 0.1) is 0 Å². The van der Waals surface area contributed by atoms with Gasteiger partial charge >= 0.3 is 5.97 Å². The van der Waals surface area contributed by atoms with E-state index >= 15 is 0 Å². The minimum Gasteiger partial charge on any atom is -0.460 e. The Hall–Kier alpha value is -1.35. The molecule has 3 rings (SSSR count). The normalized spacial score (nSPS) is 34.5. The van der Waals surface area contributed by atoms with Gasteiger partial charge in [0.25, 0.3) is 0 Å². The zero-order valence-electron chi connectivity index (χ0n) is 13.7. The van der Waals surface area contributed by atoms with Crippen molar-refractivity contribution in [3.8, 4) is 0 Å². The van der Waals surface area contributed by atoms with E-state index < -0.39 is 6.10 Å². The predicted octanol–water partition coefficient (Wildman–Crippen LogP) is 4.13. The number of carbonyl (C=O) groups is 1. The third-order valence-electron chi connectivity index (χ3n) is 5.08. The van der Waals surface area contributed by atoms with Crippen LogP contribution in [0.4, 0.5) is 0 Å². The molecule has 1 saturated heterocycles. The van der Waals surface area contributed by atoms with Crippen LogP contribution in [0.1, 0.15) is 51.7 Å². The van der Waals surface area contributed by atoms with E-state index in [1.54, 1.807) is 0 Å². The minimum atomic E-state index is -0.410. The van der Waals surface area contributed by atoms with E-state index in [0.29, 0.717) is 17.8 Å². The summed E-state index contributed by atoms with van der Waals surface area (Å²) in [6.45, 7) is 6.70. The topological polar surface area (TPSA) is 38.8 Å². The first-order valence-electron chi connectivity index (χ1n) is 8.47. The van der Waals surface area contributed by atoms with Crippen LogP contribution in [0.5, 0.6) is 0 Å². The van der Waals surface area contributed by atoms with Gasteiger partial charge in [-0.05, 0) is 36.2 Å². The predicted molar refractivity (Wildman–Crippen MR) is 85.3 cm³/mol. The van der Waals surface area contributed by atoms with Crippen molar-refractivity contribution in [2.24, 2.45) is 17.8 Å². The highest BCUT2D eigenvalue weighted by Crippen LogP contribution is 2.41. The van der Waals surface area contributed by atoms with Crippen molar-refractivity contribution in [1.82, 2.24) is 0 Å². The molecule has 1 aliphatic carbocycles. The SMILES string of the molecule is CC(C)[C@@H]1CC[C@@H](C)C[C@H]1OC(=O)[C@@H]1O[C@@H]1c1ccccc1. The van der Waals surface area contributed by atoms with Gasteiger partial charge in [-0.2, -0.15) is 0 Å². The van der Waals surface area contributed by atoms with Crippen molar-refractivity contribution in [3.63, 3.8) is 0 Å². The fraction of sp³-hybridized carbons (Fsp3) is 0.632. The summed E-state index contributed by atoms with van der Waals surface area (Å²) in [4.78, 5) is 12.4. The van der Waals surface area contributed by atoms with Crippen molar-refractivity contribution in [1.29, 1.82) is 0 Å². The fourth-order valence-corrected chi connectivity index (χ4v) is 3.65. The first-order valence-corrected chi connectivity index (χ1v) is 8.47. The van der Waals surface area contributed by atoms with Crippen molar-refractivity contribution in [3.05, 3.63) is 35.9 Å². The molecule has 0 spiro atoms. The molecule has 3 heteroatoms. The maximum atomic E-state index is 12.4. The first-order chi connectivity index (χ1) is 10.6. The number of benzene rings is 1. The van der Waals surface area contributed by atoms with E-state index in [1.807, 2.05) is 30.3 Å². The van der Waals surface area contributed by atoms with Gasteiger partial charge in [0, 0.05) is 0 Å². The largest absolute Gasteiger partial charge is 0.460 e. The molecule has 0 aromatic heterocycles. The summed E-state index contributed by atoms with van der Waals surface area (Å²) in [6.07, 6.45) is 2.90. The summed E-state index contributed by atoms with van der Waals surface area (Å²) in [7, 11) is 0. The van der Waals surface area contributed by atoms with Crippen molar-refractivity contribution in [2.75, 3.05) is 0 Å². The summed E-state index contributed by atoms with van der Waals surface area (Å²) in [5, 5.41) is 0. The second-order valence-electron chi connectivity index (χ2n) is 7.19. The second-order valence-corrected chi connectivity index (χ2v) is 7.19. The van der Waals surface area contributed by atoms with Crippen molar-refractivity contribution < 1.29 is 14.3 Å². The molecule has 22 heavy (non-hydrogen) atoms. The Labute approximate surface area is 133 Å². The fourth-order valence-electron chi connectivity index (χ4n) is 3.65. The number of ether oxygens (including phenoxy) is 2. The maximum Gasteiger partial charge on any atom is 0.338 e. The molecule has 0 unspecified atom stereocenters. The van der Waals surface area contributed by atoms with Crippen LogP contribution in [-0.2, 0) is 14.3 Å². The summed E-state index contributed by atoms with van der Waals surface area (Å²) in [6, 6.07) is 9.90. The Balaban J connectivity index is 1.59. The van der Waals surface area contributed by atoms with Gasteiger partial charge in [-0.15, -0.1) is 0 Å². The second kappa shape index (κ2) is 6.41. The first kappa shape index (κ1) is 15.5. The molecule has 5 atom stereocenters. The lowest BCUT2D eigenvalue weighted by Crippen LogP contribution is -2.36. The highest BCUT2D eigenvalue weighted by Gasteiger charge is 2.48. The molecule has 1 heterocycles. The standard InChI is InChI=1S/C19H26O3/c1-12(2)15-10-9-13(3)11-16(15)21-19(20)18-17(22-18)14-7-5-4-6-8-14/h4-8,12-13,15-18H,9-11H2,1-3H3/t13-,15+,16-,17-,18-/m1/s1. The van der Waals surface area contributed by atoms with Gasteiger partial charge in [-0.3, -0.25) is 0 Å². The zero-order valence-corrected chi connectivity index (χ0v) is 13.7. The minimum absolute atomic E-state index is 0.0527. The summed E-state index contributed by atoms with van der Waals surface area (Å²) < 4.78 is 11.4. The average Bonchev–Trinajstić information content (AvgIpc) is 3.28. The van der Waals surface area contributed by atoms with Crippen molar-refractivity contribution >= 4 is 5.97 Å². The summed E-state index contributed by atoms with van der Waals surface area (Å²) in [5.74, 6) is 1.49. The van der Waals surface area contributed by atoms with E-state index in [2.05, 4.69) is 20.8 Å². The number of rotatable bonds is 4. The Kier molecular flexibility index (Phi) is 4.53. The monoisotopic (exact) mass is 302 g/mol. The number of esters is 1. The molecule has 120 valence electrons. The van der Waals surface area contributed by atoms with Crippen molar-refractivity contribution in [2.45, 2.75) is 58.3 Å². The average molecular weight is 302 g/mol. The van der Waals surface area contributed by atoms with Crippen LogP contribution >= 0.6 is 0 Å². The third-order valence-corrected chi connectivity index (χ3v) is 5.08. The van der Waals surface area contributed by atoms with Crippen LogP contribution in [-0.4, -0.2) is 18.2 Å². The lowest BCUT2D eigenvalue weighted by atomic mass is 9.75. The molecule has 0 N–H and O–H groups in total. The van der Waals surface area contributed by atoms with E-state index in [4.69, 9.17) is 9.47 Å². The van der Waals surface area contributed by atoms with Crippen LogP contribution in [0.3, 0.4) is 0 Å². The molecular weight excluding hydrogens is 276 g/mol. The number of carbonyl (C=O) groups excluding carboxylic acids is 1. The molecule has 0 radical (unpaired) electrons. The van der Waals surface area contributed by atoms with Crippen LogP contribution < -0.4 is 0 Å². The molecule has 1 aromatic carbocycles. The lowest BCUT2D eigenvalue weighted by molar-refractivity contribution is -0.157. The van der Waals surface area contributed by atoms with E-state index in [0.717, 1.165) is 18.4 Å². The van der Waals surface area contributed by atoms with Gasteiger partial charge in [0.2, 0.25) is 0 Å². The lowest BCUT2D eigenvalue weighted by Gasteiger charge is -2.36. The quantitative estimate of drug-likeness (QED) is 0.620. The van der Waals surface area contributed by atoms with Gasteiger partial charge in [0.15, 0.2) is 6.10 Å². The molecular formula is C19H26O3. The molecule has 1 aliphatic heterocycles. The van der Waals surface area contributed by atoms with Gasteiger partial charge < -0.3 is 9.47 Å². The summed E-state index contributed by atoms with van der Waals surface area (Å²) >= 11 is 0. The maximum absolute atomic E-state index is 12.4. The van der Waals surface area contributed by atoms with Crippen LogP contribution in [0.15, 0.2) is 30.3 Å². The van der Waals surface area contributed by atoms with Gasteiger partial charge in [0.1, 0.15) is 12.2 Å². The van der Waals surface area contributed by atoms with Crippen LogP contribution in [0.25, 0.3) is 0 Å². The summed E-state index contributed by atoms with van der Waals surface area (Å²) in [5.41, 5.74) is 1.06. The van der Waals surface area contributed by atoms with Gasteiger partial charge in [-0.1, -0.05) is 57.5 Å². The number of epoxide rings is 1. The Morgan fingerprint density at radius 2 is 1.95 bits per heavy atom.